The van der Waals surface area contributed by atoms with Crippen molar-refractivity contribution in [2.45, 2.75) is 30.5 Å². The van der Waals surface area contributed by atoms with Gasteiger partial charge >= 0.3 is 6.09 Å². The summed E-state index contributed by atoms with van der Waals surface area (Å²) in [5.41, 5.74) is 1.73. The van der Waals surface area contributed by atoms with Gasteiger partial charge in [0.1, 0.15) is 12.6 Å². The third-order valence-electron chi connectivity index (χ3n) is 4.21. The van der Waals surface area contributed by atoms with E-state index >= 15 is 0 Å². The van der Waals surface area contributed by atoms with Crippen molar-refractivity contribution in [2.75, 3.05) is 6.61 Å². The van der Waals surface area contributed by atoms with E-state index in [-0.39, 0.29) is 18.1 Å². The first-order chi connectivity index (χ1) is 13.3. The third-order valence-corrected chi connectivity index (χ3v) is 5.51. The Morgan fingerprint density at radius 3 is 2.43 bits per heavy atom. The van der Waals surface area contributed by atoms with Crippen LogP contribution in [0.1, 0.15) is 11.1 Å². The summed E-state index contributed by atoms with van der Waals surface area (Å²) >= 11 is 0. The number of alkyl carbamates (subject to hydrolysis) is 1. The van der Waals surface area contributed by atoms with E-state index < -0.39 is 34.2 Å². The van der Waals surface area contributed by atoms with Gasteiger partial charge in [-0.2, -0.15) is 8.42 Å². The van der Waals surface area contributed by atoms with Crippen molar-refractivity contribution in [1.29, 1.82) is 0 Å². The van der Waals surface area contributed by atoms with Crippen LogP contribution in [-0.4, -0.2) is 39.1 Å². The second kappa shape index (κ2) is 8.41. The second-order valence-corrected chi connectivity index (χ2v) is 7.97. The molecule has 2 aromatic rings. The number of aryl methyl sites for hydroxylation is 1. The predicted octanol–water partition coefficient (Wildman–Crippen LogP) is 1.49. The number of hydrogen-bond donors (Lipinski definition) is 2. The molecule has 1 saturated heterocycles. The van der Waals surface area contributed by atoms with E-state index in [0.717, 1.165) is 11.1 Å². The SMILES string of the molecule is Cc1ccc(S(=O)(=O)OC[C@@H]2NC(=O)[C@@H]2NC(=O)OCc2ccccc2)cc1. The molecule has 0 aromatic heterocycles. The summed E-state index contributed by atoms with van der Waals surface area (Å²) in [4.78, 5) is 23.6. The summed E-state index contributed by atoms with van der Waals surface area (Å²) in [6.45, 7) is 1.60. The van der Waals surface area contributed by atoms with E-state index in [0.29, 0.717) is 0 Å². The van der Waals surface area contributed by atoms with Gasteiger partial charge in [-0.1, -0.05) is 48.0 Å². The molecule has 0 unspecified atom stereocenters. The summed E-state index contributed by atoms with van der Waals surface area (Å²) in [7, 11) is -3.96. The molecule has 1 aliphatic rings. The normalized spacial score (nSPS) is 18.7. The van der Waals surface area contributed by atoms with Crippen LogP contribution in [0.15, 0.2) is 59.5 Å². The Morgan fingerprint density at radius 1 is 1.11 bits per heavy atom. The van der Waals surface area contributed by atoms with Crippen LogP contribution >= 0.6 is 0 Å². The molecule has 28 heavy (non-hydrogen) atoms. The highest BCUT2D eigenvalue weighted by Crippen LogP contribution is 2.16. The summed E-state index contributed by atoms with van der Waals surface area (Å²) in [5.74, 6) is -0.432. The van der Waals surface area contributed by atoms with Gasteiger partial charge in [-0.25, -0.2) is 4.79 Å². The molecule has 3 rings (SSSR count). The van der Waals surface area contributed by atoms with Gasteiger partial charge in [-0.3, -0.25) is 8.98 Å². The molecule has 0 bridgehead atoms. The molecule has 0 saturated carbocycles. The predicted molar refractivity (Wildman–Crippen MR) is 99.8 cm³/mol. The van der Waals surface area contributed by atoms with Crippen molar-refractivity contribution in [1.82, 2.24) is 10.6 Å². The average Bonchev–Trinajstić information content (AvgIpc) is 2.69. The highest BCUT2D eigenvalue weighted by molar-refractivity contribution is 7.86. The summed E-state index contributed by atoms with van der Waals surface area (Å²) in [5, 5.41) is 4.93. The molecule has 1 heterocycles. The lowest BCUT2D eigenvalue weighted by atomic mass is 10.0. The minimum atomic E-state index is -3.96. The zero-order chi connectivity index (χ0) is 20.1. The zero-order valence-corrected chi connectivity index (χ0v) is 15.9. The molecule has 2 aromatic carbocycles. The number of carbonyl (C=O) groups excluding carboxylic acids is 2. The highest BCUT2D eigenvalue weighted by atomic mass is 32.2. The molecule has 148 valence electrons. The number of β-lactam (4-membered cyclic amide) rings is 1. The Morgan fingerprint density at radius 2 is 1.79 bits per heavy atom. The third kappa shape index (κ3) is 4.87. The van der Waals surface area contributed by atoms with Gasteiger partial charge in [-0.05, 0) is 24.6 Å². The van der Waals surface area contributed by atoms with E-state index in [2.05, 4.69) is 10.6 Å². The van der Waals surface area contributed by atoms with E-state index in [9.17, 15) is 18.0 Å². The maximum absolute atomic E-state index is 12.2. The van der Waals surface area contributed by atoms with Gasteiger partial charge in [0.2, 0.25) is 5.91 Å². The average molecular weight is 404 g/mol. The fourth-order valence-corrected chi connectivity index (χ4v) is 3.51. The molecule has 0 spiro atoms. The fraction of sp³-hybridized carbons (Fsp3) is 0.263. The lowest BCUT2D eigenvalue weighted by molar-refractivity contribution is -0.132. The molecule has 2 N–H and O–H groups in total. The van der Waals surface area contributed by atoms with Crippen LogP contribution in [0.25, 0.3) is 0 Å². The standard InChI is InChI=1S/C19H20N2O6S/c1-13-7-9-15(10-8-13)28(24,25)27-12-16-17(18(22)20-16)21-19(23)26-11-14-5-3-2-4-6-14/h2-10,16-17H,11-12H2,1H3,(H,20,22)(H,21,23)/t16-,17+/m0/s1. The Kier molecular flexibility index (Phi) is 5.96. The zero-order valence-electron chi connectivity index (χ0n) is 15.1. The summed E-state index contributed by atoms with van der Waals surface area (Å²) in [6, 6.07) is 13.7. The monoisotopic (exact) mass is 404 g/mol. The van der Waals surface area contributed by atoms with Gasteiger partial charge < -0.3 is 15.4 Å². The molecular weight excluding hydrogens is 384 g/mol. The van der Waals surface area contributed by atoms with Gasteiger partial charge in [0.05, 0.1) is 17.5 Å². The van der Waals surface area contributed by atoms with Crippen LogP contribution in [0.2, 0.25) is 0 Å². The number of benzene rings is 2. The summed E-state index contributed by atoms with van der Waals surface area (Å²) < 4.78 is 34.5. The van der Waals surface area contributed by atoms with E-state index in [1.165, 1.54) is 12.1 Å². The number of carbonyl (C=O) groups is 2. The largest absolute Gasteiger partial charge is 0.445 e. The van der Waals surface area contributed by atoms with Crippen molar-refractivity contribution >= 4 is 22.1 Å². The molecular formula is C19H20N2O6S. The minimum absolute atomic E-state index is 0.0236. The molecule has 0 aliphatic carbocycles. The Balaban J connectivity index is 1.50. The number of nitrogens with one attached hydrogen (secondary N) is 2. The molecule has 1 aliphatic heterocycles. The topological polar surface area (TPSA) is 111 Å². The lowest BCUT2D eigenvalue weighted by Crippen LogP contribution is -2.70. The van der Waals surface area contributed by atoms with Gasteiger partial charge in [0, 0.05) is 0 Å². The quantitative estimate of drug-likeness (QED) is 0.534. The molecule has 1 fully saturated rings. The van der Waals surface area contributed by atoms with Crippen LogP contribution in [-0.2, 0) is 30.4 Å². The van der Waals surface area contributed by atoms with E-state index in [1.54, 1.807) is 24.3 Å². The van der Waals surface area contributed by atoms with Crippen LogP contribution < -0.4 is 10.6 Å². The van der Waals surface area contributed by atoms with Crippen molar-refractivity contribution in [3.63, 3.8) is 0 Å². The van der Waals surface area contributed by atoms with Crippen LogP contribution in [0, 0.1) is 6.92 Å². The molecule has 8 nitrogen and oxygen atoms in total. The Bertz CT molecular complexity index is 944. The van der Waals surface area contributed by atoms with Crippen molar-refractivity contribution < 1.29 is 26.9 Å². The molecule has 2 amide bonds. The molecule has 0 radical (unpaired) electrons. The van der Waals surface area contributed by atoms with Gasteiger partial charge in [0.25, 0.3) is 10.1 Å². The van der Waals surface area contributed by atoms with Gasteiger partial charge in [0.15, 0.2) is 0 Å². The highest BCUT2D eigenvalue weighted by Gasteiger charge is 2.41. The van der Waals surface area contributed by atoms with E-state index in [4.69, 9.17) is 8.92 Å². The second-order valence-electron chi connectivity index (χ2n) is 6.35. The van der Waals surface area contributed by atoms with E-state index in [1.807, 2.05) is 25.1 Å². The summed E-state index contributed by atoms with van der Waals surface area (Å²) in [6.07, 6.45) is -0.768. The number of amides is 2. The van der Waals surface area contributed by atoms with Crippen molar-refractivity contribution in [2.24, 2.45) is 0 Å². The fourth-order valence-electron chi connectivity index (χ4n) is 2.57. The van der Waals surface area contributed by atoms with Crippen molar-refractivity contribution in [3.8, 4) is 0 Å². The van der Waals surface area contributed by atoms with Crippen LogP contribution in [0.5, 0.6) is 0 Å². The minimum Gasteiger partial charge on any atom is -0.445 e. The Hall–Kier alpha value is -2.91. The maximum atomic E-state index is 12.2. The smallest absolute Gasteiger partial charge is 0.408 e. The Labute approximate surface area is 163 Å². The lowest BCUT2D eigenvalue weighted by Gasteiger charge is -2.36. The number of hydrogen-bond acceptors (Lipinski definition) is 6. The first-order valence-electron chi connectivity index (χ1n) is 8.59. The molecule has 2 atom stereocenters. The molecule has 9 heteroatoms. The maximum Gasteiger partial charge on any atom is 0.408 e. The number of ether oxygens (including phenoxy) is 1. The first kappa shape index (κ1) is 19.8. The van der Waals surface area contributed by atoms with Crippen molar-refractivity contribution in [3.05, 3.63) is 65.7 Å². The van der Waals surface area contributed by atoms with Crippen LogP contribution in [0.4, 0.5) is 4.79 Å². The number of rotatable bonds is 7. The van der Waals surface area contributed by atoms with Crippen LogP contribution in [0.3, 0.4) is 0 Å². The van der Waals surface area contributed by atoms with Gasteiger partial charge in [-0.15, -0.1) is 0 Å². The first-order valence-corrected chi connectivity index (χ1v) is 10.00.